The van der Waals surface area contributed by atoms with Gasteiger partial charge in [0.25, 0.3) is 0 Å². The summed E-state index contributed by atoms with van der Waals surface area (Å²) in [4.78, 5) is 0. The van der Waals surface area contributed by atoms with Crippen LogP contribution in [0.5, 0.6) is 0 Å². The average molecular weight is 144 g/mol. The molecular formula is C8H16O2. The van der Waals surface area contributed by atoms with Gasteiger partial charge in [-0.2, -0.15) is 0 Å². The molecule has 0 spiro atoms. The third kappa shape index (κ3) is 2.67. The highest BCUT2D eigenvalue weighted by Crippen LogP contribution is 2.17. The number of hydrogen-bond donors (Lipinski definition) is 0. The van der Waals surface area contributed by atoms with E-state index in [0.717, 1.165) is 32.8 Å². The smallest absolute Gasteiger partial charge is 0.0539 e. The van der Waals surface area contributed by atoms with Gasteiger partial charge in [0, 0.05) is 18.6 Å². The van der Waals surface area contributed by atoms with E-state index in [0.29, 0.717) is 0 Å². The molecule has 1 aliphatic rings. The Morgan fingerprint density at radius 2 is 1.50 bits per heavy atom. The number of rotatable bonds is 0. The van der Waals surface area contributed by atoms with Crippen LogP contribution in [0.3, 0.4) is 0 Å². The van der Waals surface area contributed by atoms with Gasteiger partial charge in [0.1, 0.15) is 0 Å². The van der Waals surface area contributed by atoms with E-state index in [4.69, 9.17) is 9.47 Å². The molecule has 0 aromatic rings. The molecule has 1 rings (SSSR count). The third-order valence-corrected chi connectivity index (χ3v) is 1.56. The highest BCUT2D eigenvalue weighted by atomic mass is 16.5. The fourth-order valence-corrected chi connectivity index (χ4v) is 1.00. The Morgan fingerprint density at radius 3 is 2.00 bits per heavy atom. The summed E-state index contributed by atoms with van der Waals surface area (Å²) in [5, 5.41) is 0. The summed E-state index contributed by atoms with van der Waals surface area (Å²) >= 11 is 0. The van der Waals surface area contributed by atoms with Crippen molar-refractivity contribution in [2.45, 2.75) is 20.3 Å². The average Bonchev–Trinajstić information content (AvgIpc) is 1.81. The fraction of sp³-hybridized carbons (Fsp3) is 1.00. The highest BCUT2D eigenvalue weighted by molar-refractivity contribution is 4.67. The van der Waals surface area contributed by atoms with Crippen LogP contribution >= 0.6 is 0 Å². The first-order valence-corrected chi connectivity index (χ1v) is 3.86. The van der Waals surface area contributed by atoms with Crippen molar-refractivity contribution in [2.75, 3.05) is 26.4 Å². The summed E-state index contributed by atoms with van der Waals surface area (Å²) in [6, 6.07) is 0. The van der Waals surface area contributed by atoms with Gasteiger partial charge in [0.2, 0.25) is 0 Å². The number of hydrogen-bond acceptors (Lipinski definition) is 2. The van der Waals surface area contributed by atoms with Crippen molar-refractivity contribution in [3.05, 3.63) is 0 Å². The Kier molecular flexibility index (Phi) is 2.69. The summed E-state index contributed by atoms with van der Waals surface area (Å²) in [5.74, 6) is 0. The monoisotopic (exact) mass is 144 g/mol. The molecule has 0 aromatic carbocycles. The van der Waals surface area contributed by atoms with Crippen LogP contribution in [-0.4, -0.2) is 26.4 Å². The molecule has 60 valence electrons. The molecule has 0 atom stereocenters. The second-order valence-corrected chi connectivity index (χ2v) is 3.62. The normalized spacial score (nSPS) is 27.0. The van der Waals surface area contributed by atoms with Crippen LogP contribution in [0.4, 0.5) is 0 Å². The molecule has 2 heteroatoms. The topological polar surface area (TPSA) is 18.5 Å². The Hall–Kier alpha value is -0.0800. The lowest BCUT2D eigenvalue weighted by atomic mass is 9.96. The molecule has 0 aliphatic carbocycles. The van der Waals surface area contributed by atoms with Crippen molar-refractivity contribution in [3.63, 3.8) is 0 Å². The first-order chi connectivity index (χ1) is 4.71. The fourth-order valence-electron chi connectivity index (χ4n) is 1.00. The zero-order valence-electron chi connectivity index (χ0n) is 6.85. The second kappa shape index (κ2) is 3.35. The Labute approximate surface area is 62.5 Å². The van der Waals surface area contributed by atoms with E-state index in [9.17, 15) is 0 Å². The zero-order valence-corrected chi connectivity index (χ0v) is 6.85. The van der Waals surface area contributed by atoms with Gasteiger partial charge in [-0.3, -0.25) is 0 Å². The minimum Gasteiger partial charge on any atom is -0.381 e. The zero-order chi connectivity index (χ0) is 7.45. The van der Waals surface area contributed by atoms with E-state index in [1.165, 1.54) is 0 Å². The summed E-state index contributed by atoms with van der Waals surface area (Å²) in [6.07, 6.45) is 1.04. The summed E-state index contributed by atoms with van der Waals surface area (Å²) in [6.45, 7) is 7.68. The standard InChI is InChI=1S/C8H16O2/c1-8(2)6-9-4-3-5-10-7-8/h3-7H2,1-2H3. The molecule has 0 saturated carbocycles. The van der Waals surface area contributed by atoms with Crippen LogP contribution < -0.4 is 0 Å². The molecule has 2 nitrogen and oxygen atoms in total. The van der Waals surface area contributed by atoms with Crippen LogP contribution in [0.25, 0.3) is 0 Å². The van der Waals surface area contributed by atoms with E-state index in [-0.39, 0.29) is 5.41 Å². The van der Waals surface area contributed by atoms with Gasteiger partial charge in [-0.25, -0.2) is 0 Å². The maximum Gasteiger partial charge on any atom is 0.0539 e. The first kappa shape index (κ1) is 8.02. The van der Waals surface area contributed by atoms with Gasteiger partial charge in [-0.1, -0.05) is 13.8 Å². The minimum atomic E-state index is 0.209. The van der Waals surface area contributed by atoms with E-state index in [1.54, 1.807) is 0 Å². The number of ether oxygens (including phenoxy) is 2. The second-order valence-electron chi connectivity index (χ2n) is 3.62. The molecule has 1 saturated heterocycles. The van der Waals surface area contributed by atoms with Crippen LogP contribution in [0.15, 0.2) is 0 Å². The van der Waals surface area contributed by atoms with Crippen LogP contribution in [0.2, 0.25) is 0 Å². The van der Waals surface area contributed by atoms with Crippen molar-refractivity contribution in [1.29, 1.82) is 0 Å². The molecule has 10 heavy (non-hydrogen) atoms. The molecule has 1 fully saturated rings. The molecule has 0 unspecified atom stereocenters. The largest absolute Gasteiger partial charge is 0.381 e. The molecule has 0 radical (unpaired) electrons. The molecule has 0 N–H and O–H groups in total. The van der Waals surface area contributed by atoms with Crippen molar-refractivity contribution >= 4 is 0 Å². The van der Waals surface area contributed by atoms with E-state index >= 15 is 0 Å². The molecule has 0 amide bonds. The van der Waals surface area contributed by atoms with Crippen LogP contribution in [0, 0.1) is 5.41 Å². The van der Waals surface area contributed by atoms with Crippen LogP contribution in [-0.2, 0) is 9.47 Å². The van der Waals surface area contributed by atoms with Gasteiger partial charge in [-0.15, -0.1) is 0 Å². The van der Waals surface area contributed by atoms with Gasteiger partial charge in [-0.05, 0) is 6.42 Å². The molecule has 1 aliphatic heterocycles. The summed E-state index contributed by atoms with van der Waals surface area (Å²) in [5.41, 5.74) is 0.209. The van der Waals surface area contributed by atoms with E-state index < -0.39 is 0 Å². The van der Waals surface area contributed by atoms with Crippen LogP contribution in [0.1, 0.15) is 20.3 Å². The Balaban J connectivity index is 2.30. The Bertz CT molecular complexity index is 89.4. The predicted molar refractivity (Wildman–Crippen MR) is 40.0 cm³/mol. The lowest BCUT2D eigenvalue weighted by molar-refractivity contribution is -0.0369. The Morgan fingerprint density at radius 1 is 1.00 bits per heavy atom. The predicted octanol–water partition coefficient (Wildman–Crippen LogP) is 1.45. The van der Waals surface area contributed by atoms with Crippen molar-refractivity contribution in [1.82, 2.24) is 0 Å². The minimum absolute atomic E-state index is 0.209. The molecule has 0 bridgehead atoms. The molecular weight excluding hydrogens is 128 g/mol. The van der Waals surface area contributed by atoms with Crippen molar-refractivity contribution < 1.29 is 9.47 Å². The lowest BCUT2D eigenvalue weighted by Crippen LogP contribution is -2.28. The quantitative estimate of drug-likeness (QED) is 0.512. The van der Waals surface area contributed by atoms with Gasteiger partial charge < -0.3 is 9.47 Å². The maximum absolute atomic E-state index is 5.41. The van der Waals surface area contributed by atoms with Crippen molar-refractivity contribution in [3.8, 4) is 0 Å². The van der Waals surface area contributed by atoms with Gasteiger partial charge in [0.05, 0.1) is 13.2 Å². The van der Waals surface area contributed by atoms with E-state index in [2.05, 4.69) is 13.8 Å². The molecule has 0 aromatic heterocycles. The molecule has 1 heterocycles. The summed E-state index contributed by atoms with van der Waals surface area (Å²) in [7, 11) is 0. The van der Waals surface area contributed by atoms with Crippen molar-refractivity contribution in [2.24, 2.45) is 5.41 Å². The maximum atomic E-state index is 5.41. The summed E-state index contributed by atoms with van der Waals surface area (Å²) < 4.78 is 10.8. The lowest BCUT2D eigenvalue weighted by Gasteiger charge is -2.26. The third-order valence-electron chi connectivity index (χ3n) is 1.56. The van der Waals surface area contributed by atoms with E-state index in [1.807, 2.05) is 0 Å². The highest BCUT2D eigenvalue weighted by Gasteiger charge is 2.19. The first-order valence-electron chi connectivity index (χ1n) is 3.86. The SMILES string of the molecule is CC1(C)COCCCOC1. The van der Waals surface area contributed by atoms with Gasteiger partial charge in [0.15, 0.2) is 0 Å². The van der Waals surface area contributed by atoms with Gasteiger partial charge >= 0.3 is 0 Å².